The molecule has 3 heterocycles. The zero-order valence-corrected chi connectivity index (χ0v) is 25.3. The number of esters is 1. The van der Waals surface area contributed by atoms with Gasteiger partial charge in [-0.3, -0.25) is 24.2 Å². The second-order valence-corrected chi connectivity index (χ2v) is 12.3. The Hall–Kier alpha value is -4.66. The molecule has 0 radical (unpaired) electrons. The zero-order valence-electron chi connectivity index (χ0n) is 24.5. The topological polar surface area (TPSA) is 173 Å². The summed E-state index contributed by atoms with van der Waals surface area (Å²) in [6.45, 7) is 1.34. The van der Waals surface area contributed by atoms with Gasteiger partial charge in [-0.2, -0.15) is 0 Å². The highest BCUT2D eigenvalue weighted by Crippen LogP contribution is 2.19. The molecule has 0 aliphatic carbocycles. The van der Waals surface area contributed by atoms with Gasteiger partial charge in [-0.1, -0.05) is 48.5 Å². The quantitative estimate of drug-likeness (QED) is 0.207. The van der Waals surface area contributed by atoms with E-state index >= 15 is 0 Å². The molecule has 45 heavy (non-hydrogen) atoms. The summed E-state index contributed by atoms with van der Waals surface area (Å²) in [7, 11) is -3.86. The van der Waals surface area contributed by atoms with Crippen LogP contribution in [0.5, 0.6) is 0 Å². The summed E-state index contributed by atoms with van der Waals surface area (Å²) < 4.78 is 38.8. The van der Waals surface area contributed by atoms with Gasteiger partial charge < -0.3 is 25.0 Å². The minimum absolute atomic E-state index is 0.0488. The first-order valence-electron chi connectivity index (χ1n) is 14.4. The molecule has 3 unspecified atom stereocenters. The Morgan fingerprint density at radius 2 is 1.80 bits per heavy atom. The van der Waals surface area contributed by atoms with Crippen LogP contribution in [0.15, 0.2) is 83.4 Å². The van der Waals surface area contributed by atoms with E-state index in [1.807, 2.05) is 12.1 Å². The van der Waals surface area contributed by atoms with Gasteiger partial charge in [0.05, 0.1) is 17.9 Å². The summed E-state index contributed by atoms with van der Waals surface area (Å²) in [4.78, 5) is 57.6. The molecule has 3 atom stereocenters. The average molecular weight is 636 g/mol. The Labute approximate surface area is 260 Å². The van der Waals surface area contributed by atoms with Gasteiger partial charge in [0.25, 0.3) is 5.91 Å². The van der Waals surface area contributed by atoms with E-state index in [-0.39, 0.29) is 43.1 Å². The molecule has 3 aromatic rings. The van der Waals surface area contributed by atoms with Crippen LogP contribution in [0.2, 0.25) is 0 Å². The second-order valence-electron chi connectivity index (χ2n) is 10.5. The van der Waals surface area contributed by atoms with Crippen LogP contribution >= 0.6 is 0 Å². The van der Waals surface area contributed by atoms with Crippen LogP contribution in [-0.2, 0) is 33.9 Å². The summed E-state index contributed by atoms with van der Waals surface area (Å²) in [5.41, 5.74) is 0.657. The minimum atomic E-state index is -3.86. The molecule has 236 valence electrons. The lowest BCUT2D eigenvalue weighted by Gasteiger charge is -2.26. The molecule has 3 amide bonds. The Bertz CT molecular complexity index is 1720. The standard InChI is InChI=1S/C31H33N5O8S/c1-2-43-31-25(16-27(38)44-31)34-26(37)19-36-18-20(17-33-45(41,42)22-9-4-3-5-10-22)12-13-24(30(36)40)35-29(39)28-23-11-7-6-8-21(23)14-15-32-28/h3-12,14-15,24-25,31,33H,2,13,16-19H2,1H3,(H,34,37)(H,35,39). The number of sulfonamides is 1. The number of amides is 3. The molecular weight excluding hydrogens is 602 g/mol. The van der Waals surface area contributed by atoms with Gasteiger partial charge in [0.2, 0.25) is 28.1 Å². The Morgan fingerprint density at radius 1 is 1.04 bits per heavy atom. The first-order valence-corrected chi connectivity index (χ1v) is 15.9. The number of ether oxygens (including phenoxy) is 2. The Balaban J connectivity index is 1.35. The molecule has 13 nitrogen and oxygen atoms in total. The first kappa shape index (κ1) is 31.8. The molecule has 1 aromatic heterocycles. The molecule has 3 N–H and O–H groups in total. The number of rotatable bonds is 11. The normalized spacial score (nSPS) is 20.3. The van der Waals surface area contributed by atoms with Crippen molar-refractivity contribution < 1.29 is 37.1 Å². The highest BCUT2D eigenvalue weighted by molar-refractivity contribution is 7.89. The van der Waals surface area contributed by atoms with Crippen molar-refractivity contribution in [3.05, 3.63) is 84.2 Å². The van der Waals surface area contributed by atoms with Crippen molar-refractivity contribution in [3.8, 4) is 0 Å². The van der Waals surface area contributed by atoms with E-state index in [1.165, 1.54) is 23.2 Å². The Morgan fingerprint density at radius 3 is 2.58 bits per heavy atom. The fourth-order valence-corrected chi connectivity index (χ4v) is 6.23. The molecule has 2 aromatic carbocycles. The highest BCUT2D eigenvalue weighted by atomic mass is 32.2. The number of fused-ring (bicyclic) bond motifs is 1. The average Bonchev–Trinajstić information content (AvgIpc) is 3.31. The molecule has 5 rings (SSSR count). The van der Waals surface area contributed by atoms with Gasteiger partial charge in [-0.15, -0.1) is 0 Å². The molecule has 1 saturated heterocycles. The highest BCUT2D eigenvalue weighted by Gasteiger charge is 2.37. The lowest BCUT2D eigenvalue weighted by Crippen LogP contribution is -2.52. The Kier molecular flexibility index (Phi) is 9.86. The smallest absolute Gasteiger partial charge is 0.310 e. The molecule has 14 heteroatoms. The number of pyridine rings is 1. The van der Waals surface area contributed by atoms with Crippen molar-refractivity contribution in [2.45, 2.75) is 43.0 Å². The number of hydrogen-bond donors (Lipinski definition) is 3. The van der Waals surface area contributed by atoms with Crippen LogP contribution in [0.1, 0.15) is 30.3 Å². The van der Waals surface area contributed by atoms with Gasteiger partial charge >= 0.3 is 5.97 Å². The molecular formula is C31H33N5O8S. The summed E-state index contributed by atoms with van der Waals surface area (Å²) in [5, 5.41) is 6.86. The van der Waals surface area contributed by atoms with Crippen LogP contribution in [0, 0.1) is 0 Å². The van der Waals surface area contributed by atoms with E-state index in [1.54, 1.807) is 49.4 Å². The van der Waals surface area contributed by atoms with Gasteiger partial charge in [-0.25, -0.2) is 13.1 Å². The molecule has 2 aliphatic heterocycles. The van der Waals surface area contributed by atoms with E-state index < -0.39 is 58.6 Å². The molecule has 2 aliphatic rings. The number of nitrogens with one attached hydrogen (secondary N) is 3. The molecule has 0 spiro atoms. The number of nitrogens with zero attached hydrogens (tertiary/aromatic N) is 2. The summed E-state index contributed by atoms with van der Waals surface area (Å²) in [5.74, 6) is -2.22. The third-order valence-corrected chi connectivity index (χ3v) is 8.77. The van der Waals surface area contributed by atoms with Gasteiger partial charge in [0, 0.05) is 31.3 Å². The number of benzene rings is 2. The van der Waals surface area contributed by atoms with Crippen LogP contribution in [0.25, 0.3) is 10.8 Å². The van der Waals surface area contributed by atoms with Gasteiger partial charge in [0.15, 0.2) is 0 Å². The summed E-state index contributed by atoms with van der Waals surface area (Å²) >= 11 is 0. The molecule has 1 fully saturated rings. The van der Waals surface area contributed by atoms with Crippen molar-refractivity contribution in [1.82, 2.24) is 25.2 Å². The summed E-state index contributed by atoms with van der Waals surface area (Å²) in [6.07, 6.45) is 2.20. The van der Waals surface area contributed by atoms with Crippen molar-refractivity contribution in [3.63, 3.8) is 0 Å². The van der Waals surface area contributed by atoms with Crippen molar-refractivity contribution in [2.24, 2.45) is 0 Å². The van der Waals surface area contributed by atoms with Crippen LogP contribution < -0.4 is 15.4 Å². The largest absolute Gasteiger partial charge is 0.433 e. The van der Waals surface area contributed by atoms with Crippen molar-refractivity contribution >= 4 is 44.5 Å². The monoisotopic (exact) mass is 635 g/mol. The van der Waals surface area contributed by atoms with Gasteiger partial charge in [-0.05, 0) is 42.5 Å². The maximum atomic E-state index is 13.8. The fourth-order valence-electron chi connectivity index (χ4n) is 5.17. The zero-order chi connectivity index (χ0) is 32.0. The number of carbonyl (C=O) groups is 4. The maximum absolute atomic E-state index is 13.8. The van der Waals surface area contributed by atoms with E-state index in [9.17, 15) is 27.6 Å². The number of cyclic esters (lactones) is 1. The van der Waals surface area contributed by atoms with Crippen LogP contribution in [0.3, 0.4) is 0 Å². The third kappa shape index (κ3) is 7.71. The summed E-state index contributed by atoms with van der Waals surface area (Å²) in [6, 6.07) is 15.0. The van der Waals surface area contributed by atoms with Crippen LogP contribution in [0.4, 0.5) is 0 Å². The molecule has 0 saturated carbocycles. The van der Waals surface area contributed by atoms with Gasteiger partial charge in [0.1, 0.15) is 17.8 Å². The third-order valence-electron chi connectivity index (χ3n) is 7.36. The van der Waals surface area contributed by atoms with E-state index in [0.29, 0.717) is 11.0 Å². The SMILES string of the molecule is CCOC1OC(=O)CC1NC(=O)CN1CC(CNS(=O)(=O)c2ccccc2)=CCC(NC(=O)c2nccc3ccccc23)C1=O. The van der Waals surface area contributed by atoms with E-state index in [0.717, 1.165) is 5.39 Å². The lowest BCUT2D eigenvalue weighted by atomic mass is 10.1. The number of aromatic nitrogens is 1. The predicted molar refractivity (Wildman–Crippen MR) is 162 cm³/mol. The van der Waals surface area contributed by atoms with E-state index in [2.05, 4.69) is 20.3 Å². The molecule has 0 bridgehead atoms. The number of carbonyl (C=O) groups excluding carboxylic acids is 4. The first-order chi connectivity index (χ1) is 21.6. The van der Waals surface area contributed by atoms with Crippen molar-refractivity contribution in [2.75, 3.05) is 26.2 Å². The minimum Gasteiger partial charge on any atom is -0.433 e. The second kappa shape index (κ2) is 14.0. The number of hydrogen-bond acceptors (Lipinski definition) is 9. The van der Waals surface area contributed by atoms with Crippen molar-refractivity contribution in [1.29, 1.82) is 0 Å². The fraction of sp³-hybridized carbons (Fsp3) is 0.323. The van der Waals surface area contributed by atoms with E-state index in [4.69, 9.17) is 9.47 Å². The van der Waals surface area contributed by atoms with Crippen LogP contribution in [-0.4, -0.2) is 86.6 Å². The lowest BCUT2D eigenvalue weighted by molar-refractivity contribution is -0.164. The maximum Gasteiger partial charge on any atom is 0.310 e. The predicted octanol–water partition coefficient (Wildman–Crippen LogP) is 1.26.